The molecule has 2 unspecified atom stereocenters. The summed E-state index contributed by atoms with van der Waals surface area (Å²) >= 11 is 0. The van der Waals surface area contributed by atoms with Gasteiger partial charge < -0.3 is 10.1 Å². The molecule has 2 atom stereocenters. The number of hydrogen-bond donors (Lipinski definition) is 1. The highest BCUT2D eigenvalue weighted by atomic mass is 32.2. The van der Waals surface area contributed by atoms with E-state index in [0.717, 1.165) is 12.8 Å². The van der Waals surface area contributed by atoms with E-state index in [1.54, 1.807) is 11.2 Å². The smallest absolute Gasteiger partial charge is 0.216 e. The van der Waals surface area contributed by atoms with Crippen molar-refractivity contribution in [3.8, 4) is 0 Å². The zero-order valence-electron chi connectivity index (χ0n) is 10.3. The molecule has 1 N–H and O–H groups in total. The van der Waals surface area contributed by atoms with E-state index >= 15 is 0 Å². The van der Waals surface area contributed by atoms with Gasteiger partial charge in [0.25, 0.3) is 0 Å². The van der Waals surface area contributed by atoms with Gasteiger partial charge in [0.15, 0.2) is 0 Å². The second kappa shape index (κ2) is 5.95. The zero-order valence-corrected chi connectivity index (χ0v) is 11.1. The van der Waals surface area contributed by atoms with Crippen LogP contribution in [0.3, 0.4) is 0 Å². The van der Waals surface area contributed by atoms with Gasteiger partial charge in [0.1, 0.15) is 0 Å². The number of piperidine rings is 1. The van der Waals surface area contributed by atoms with Crippen molar-refractivity contribution in [1.82, 2.24) is 9.62 Å². The number of sulfonamides is 1. The number of rotatable bonds is 5. The summed E-state index contributed by atoms with van der Waals surface area (Å²) in [5.74, 6) is 0.0694. The first-order valence-corrected chi connectivity index (χ1v) is 7.28. The molecule has 1 heterocycles. The topological polar surface area (TPSA) is 58.6 Å². The van der Waals surface area contributed by atoms with Crippen LogP contribution >= 0.6 is 0 Å². The third kappa shape index (κ3) is 3.69. The molecule has 0 saturated carbocycles. The molecule has 0 bridgehead atoms. The monoisotopic (exact) mass is 250 g/mol. The highest BCUT2D eigenvalue weighted by Gasteiger charge is 2.29. The lowest BCUT2D eigenvalue weighted by Gasteiger charge is -2.32. The Morgan fingerprint density at radius 3 is 2.81 bits per heavy atom. The van der Waals surface area contributed by atoms with Crippen LogP contribution in [0.2, 0.25) is 0 Å². The lowest BCUT2D eigenvalue weighted by molar-refractivity contribution is 0.134. The molecule has 0 spiro atoms. The van der Waals surface area contributed by atoms with Crippen molar-refractivity contribution in [1.29, 1.82) is 0 Å². The van der Waals surface area contributed by atoms with Crippen LogP contribution in [0.15, 0.2) is 0 Å². The molecule has 0 radical (unpaired) electrons. The molecule has 6 heteroatoms. The zero-order chi connectivity index (χ0) is 12.2. The van der Waals surface area contributed by atoms with Crippen molar-refractivity contribution in [3.05, 3.63) is 0 Å². The molecule has 0 aliphatic carbocycles. The van der Waals surface area contributed by atoms with Gasteiger partial charge in [-0.05, 0) is 26.8 Å². The average molecular weight is 250 g/mol. The van der Waals surface area contributed by atoms with E-state index in [-0.39, 0.29) is 17.9 Å². The van der Waals surface area contributed by atoms with Crippen LogP contribution in [0.4, 0.5) is 0 Å². The average Bonchev–Trinajstić information content (AvgIpc) is 2.28. The quantitative estimate of drug-likeness (QED) is 0.748. The third-order valence-corrected chi connectivity index (χ3v) is 5.04. The summed E-state index contributed by atoms with van der Waals surface area (Å²) in [5.41, 5.74) is 0. The first-order valence-electron chi connectivity index (χ1n) is 5.67. The molecule has 0 aromatic rings. The van der Waals surface area contributed by atoms with Gasteiger partial charge in [-0.25, -0.2) is 12.7 Å². The van der Waals surface area contributed by atoms with Crippen molar-refractivity contribution >= 4 is 10.0 Å². The first kappa shape index (κ1) is 13.9. The fourth-order valence-electron chi connectivity index (χ4n) is 1.90. The summed E-state index contributed by atoms with van der Waals surface area (Å²) < 4.78 is 30.7. The summed E-state index contributed by atoms with van der Waals surface area (Å²) in [7, 11) is 0.239. The van der Waals surface area contributed by atoms with E-state index in [4.69, 9.17) is 4.74 Å². The molecule has 1 rings (SSSR count). The van der Waals surface area contributed by atoms with Crippen LogP contribution in [0.5, 0.6) is 0 Å². The molecule has 1 aliphatic heterocycles. The molecule has 0 aromatic heterocycles. The molecule has 1 fully saturated rings. The van der Waals surface area contributed by atoms with Gasteiger partial charge in [-0.1, -0.05) is 0 Å². The normalized spacial score (nSPS) is 25.6. The van der Waals surface area contributed by atoms with Gasteiger partial charge in [-0.2, -0.15) is 0 Å². The SMILES string of the molecule is CNC1CCCN(S(=O)(=O)CC(C)OC)C1. The second-order valence-electron chi connectivity index (χ2n) is 4.31. The van der Waals surface area contributed by atoms with E-state index < -0.39 is 10.0 Å². The largest absolute Gasteiger partial charge is 0.381 e. The Hall–Kier alpha value is -0.170. The molecule has 1 saturated heterocycles. The van der Waals surface area contributed by atoms with E-state index in [2.05, 4.69) is 5.32 Å². The van der Waals surface area contributed by atoms with Crippen molar-refractivity contribution < 1.29 is 13.2 Å². The predicted octanol–water partition coefficient (Wildman–Crippen LogP) is 0.0349. The summed E-state index contributed by atoms with van der Waals surface area (Å²) in [6.45, 7) is 2.99. The maximum Gasteiger partial charge on any atom is 0.216 e. The van der Waals surface area contributed by atoms with Crippen molar-refractivity contribution in [3.63, 3.8) is 0 Å². The minimum atomic E-state index is -3.17. The summed E-state index contributed by atoms with van der Waals surface area (Å²) in [6, 6.07) is 0.279. The Labute approximate surface area is 98.2 Å². The Morgan fingerprint density at radius 2 is 2.25 bits per heavy atom. The number of ether oxygens (including phenoxy) is 1. The minimum absolute atomic E-state index is 0.0694. The van der Waals surface area contributed by atoms with Crippen molar-refractivity contribution in [2.75, 3.05) is 33.0 Å². The fourth-order valence-corrected chi connectivity index (χ4v) is 3.66. The Balaban J connectivity index is 2.61. The van der Waals surface area contributed by atoms with Crippen LogP contribution in [0.25, 0.3) is 0 Å². The number of nitrogens with zero attached hydrogens (tertiary/aromatic N) is 1. The fraction of sp³-hybridized carbons (Fsp3) is 1.00. The van der Waals surface area contributed by atoms with Gasteiger partial charge in [-0.15, -0.1) is 0 Å². The van der Waals surface area contributed by atoms with E-state index in [1.807, 2.05) is 7.05 Å². The Morgan fingerprint density at radius 1 is 1.56 bits per heavy atom. The van der Waals surface area contributed by atoms with Crippen molar-refractivity contribution in [2.24, 2.45) is 0 Å². The van der Waals surface area contributed by atoms with E-state index in [9.17, 15) is 8.42 Å². The summed E-state index contributed by atoms with van der Waals surface area (Å²) in [4.78, 5) is 0. The van der Waals surface area contributed by atoms with Crippen LogP contribution in [0, 0.1) is 0 Å². The maximum atomic E-state index is 12.0. The highest BCUT2D eigenvalue weighted by Crippen LogP contribution is 2.15. The number of hydrogen-bond acceptors (Lipinski definition) is 4. The third-order valence-electron chi connectivity index (χ3n) is 3.03. The Kier molecular flexibility index (Phi) is 5.17. The van der Waals surface area contributed by atoms with E-state index in [0.29, 0.717) is 13.1 Å². The first-order chi connectivity index (χ1) is 7.49. The molecular formula is C10H22N2O3S. The van der Waals surface area contributed by atoms with Gasteiger partial charge in [0, 0.05) is 26.2 Å². The van der Waals surface area contributed by atoms with Gasteiger partial charge in [0.2, 0.25) is 10.0 Å². The lowest BCUT2D eigenvalue weighted by Crippen LogP contribution is -2.48. The second-order valence-corrected chi connectivity index (χ2v) is 6.32. The standard InChI is InChI=1S/C10H22N2O3S/c1-9(15-3)8-16(13,14)12-6-4-5-10(7-12)11-2/h9-11H,4-8H2,1-3H3. The number of nitrogens with one attached hydrogen (secondary N) is 1. The lowest BCUT2D eigenvalue weighted by atomic mass is 10.1. The Bertz CT molecular complexity index is 305. The highest BCUT2D eigenvalue weighted by molar-refractivity contribution is 7.89. The van der Waals surface area contributed by atoms with Crippen LogP contribution in [-0.2, 0) is 14.8 Å². The molecular weight excluding hydrogens is 228 g/mol. The molecule has 16 heavy (non-hydrogen) atoms. The summed E-state index contributed by atoms with van der Waals surface area (Å²) in [6.07, 6.45) is 1.72. The van der Waals surface area contributed by atoms with Crippen LogP contribution in [0.1, 0.15) is 19.8 Å². The number of methoxy groups -OCH3 is 1. The van der Waals surface area contributed by atoms with E-state index in [1.165, 1.54) is 7.11 Å². The van der Waals surface area contributed by atoms with Gasteiger partial charge in [0.05, 0.1) is 11.9 Å². The predicted molar refractivity (Wildman–Crippen MR) is 63.9 cm³/mol. The van der Waals surface area contributed by atoms with Crippen LogP contribution < -0.4 is 5.32 Å². The molecule has 96 valence electrons. The number of likely N-dealkylation sites (N-methyl/N-ethyl adjacent to an activating group) is 1. The summed E-state index contributed by atoms with van der Waals surface area (Å²) in [5, 5.41) is 3.14. The maximum absolute atomic E-state index is 12.0. The molecule has 1 aliphatic rings. The van der Waals surface area contributed by atoms with Crippen LogP contribution in [-0.4, -0.2) is 57.9 Å². The van der Waals surface area contributed by atoms with Crippen molar-refractivity contribution in [2.45, 2.75) is 31.9 Å². The van der Waals surface area contributed by atoms with Gasteiger partial charge >= 0.3 is 0 Å². The molecule has 5 nitrogen and oxygen atoms in total. The minimum Gasteiger partial charge on any atom is -0.381 e. The molecule has 0 aromatic carbocycles. The molecule has 0 amide bonds. The van der Waals surface area contributed by atoms with Gasteiger partial charge in [-0.3, -0.25) is 0 Å².